The Labute approximate surface area is 137 Å². The molecule has 124 valence electrons. The summed E-state index contributed by atoms with van der Waals surface area (Å²) in [6, 6.07) is 0. The molecule has 0 amide bonds. The van der Waals surface area contributed by atoms with Crippen LogP contribution in [0.3, 0.4) is 0 Å². The number of hydrogen-bond acceptors (Lipinski definition) is 6. The summed E-state index contributed by atoms with van der Waals surface area (Å²) in [7, 11) is 1.80. The zero-order chi connectivity index (χ0) is 16.8. The van der Waals surface area contributed by atoms with Gasteiger partial charge in [-0.3, -0.25) is 4.98 Å². The van der Waals surface area contributed by atoms with Crippen LogP contribution in [-0.2, 0) is 7.05 Å². The van der Waals surface area contributed by atoms with Crippen molar-refractivity contribution in [3.05, 3.63) is 29.2 Å². The van der Waals surface area contributed by atoms with E-state index in [1.54, 1.807) is 34.6 Å². The van der Waals surface area contributed by atoms with E-state index in [1.807, 2.05) is 18.7 Å². The molecule has 0 saturated carbocycles. The third-order valence-corrected chi connectivity index (χ3v) is 4.01. The minimum atomic E-state index is -0.782. The molecule has 1 saturated heterocycles. The average molecular weight is 328 g/mol. The van der Waals surface area contributed by atoms with E-state index < -0.39 is 6.17 Å². The molecule has 3 aromatic rings. The van der Waals surface area contributed by atoms with Crippen LogP contribution < -0.4 is 4.90 Å². The van der Waals surface area contributed by atoms with Crippen molar-refractivity contribution < 1.29 is 4.39 Å². The van der Waals surface area contributed by atoms with Gasteiger partial charge in [0.15, 0.2) is 17.3 Å². The molecule has 4 rings (SSSR count). The van der Waals surface area contributed by atoms with Crippen molar-refractivity contribution >= 4 is 23.7 Å². The van der Waals surface area contributed by atoms with Gasteiger partial charge >= 0.3 is 0 Å². The summed E-state index contributed by atoms with van der Waals surface area (Å²) in [5, 5.41) is 8.77. The first-order valence-corrected chi connectivity index (χ1v) is 7.68. The molecule has 8 nitrogen and oxygen atoms in total. The summed E-state index contributed by atoms with van der Waals surface area (Å²) in [6.45, 7) is 4.54. The predicted octanol–water partition coefficient (Wildman–Crippen LogP) is 1.20. The number of aromatic nitrogens is 7. The Balaban J connectivity index is 1.61. The van der Waals surface area contributed by atoms with Crippen molar-refractivity contribution in [3.8, 4) is 0 Å². The molecular weight excluding hydrogens is 311 g/mol. The molecule has 0 N–H and O–H groups in total. The van der Waals surface area contributed by atoms with Gasteiger partial charge in [-0.2, -0.15) is 4.98 Å². The maximum atomic E-state index is 13.0. The lowest BCUT2D eigenvalue weighted by Gasteiger charge is -2.33. The third kappa shape index (κ3) is 2.41. The Morgan fingerprint density at radius 2 is 1.96 bits per heavy atom. The highest BCUT2D eigenvalue weighted by molar-refractivity contribution is 5.65. The molecule has 1 aliphatic rings. The highest BCUT2D eigenvalue weighted by Gasteiger charge is 2.29. The SMILES string of the molecule is Cc1ncc(C)n2nc(C=Cc3nc(N4CC(F)C4)nn3C)nc12. The fourth-order valence-corrected chi connectivity index (χ4v) is 2.58. The van der Waals surface area contributed by atoms with E-state index in [1.165, 1.54) is 0 Å². The molecule has 24 heavy (non-hydrogen) atoms. The highest BCUT2D eigenvalue weighted by atomic mass is 19.1. The van der Waals surface area contributed by atoms with Crippen LogP contribution in [0.15, 0.2) is 6.20 Å². The number of halogens is 1. The van der Waals surface area contributed by atoms with E-state index in [4.69, 9.17) is 0 Å². The zero-order valence-corrected chi connectivity index (χ0v) is 13.7. The first kappa shape index (κ1) is 14.7. The maximum absolute atomic E-state index is 13.0. The molecule has 1 fully saturated rings. The monoisotopic (exact) mass is 328 g/mol. The topological polar surface area (TPSA) is 77.0 Å². The van der Waals surface area contributed by atoms with Crippen LogP contribution in [0.25, 0.3) is 17.8 Å². The lowest BCUT2D eigenvalue weighted by molar-refractivity contribution is 0.272. The molecule has 0 aromatic carbocycles. The van der Waals surface area contributed by atoms with Gasteiger partial charge in [-0.1, -0.05) is 0 Å². The third-order valence-electron chi connectivity index (χ3n) is 4.01. The summed E-state index contributed by atoms with van der Waals surface area (Å²) in [5.74, 6) is 1.79. The second-order valence-corrected chi connectivity index (χ2v) is 5.92. The normalized spacial score (nSPS) is 15.6. The minimum absolute atomic E-state index is 0.354. The fraction of sp³-hybridized carbons (Fsp3) is 0.400. The second kappa shape index (κ2) is 5.36. The first-order chi connectivity index (χ1) is 11.5. The van der Waals surface area contributed by atoms with Gasteiger partial charge in [-0.15, -0.1) is 10.2 Å². The van der Waals surface area contributed by atoms with Crippen molar-refractivity contribution in [2.75, 3.05) is 18.0 Å². The van der Waals surface area contributed by atoms with Crippen LogP contribution in [0.1, 0.15) is 23.0 Å². The zero-order valence-electron chi connectivity index (χ0n) is 13.7. The number of rotatable bonds is 3. The smallest absolute Gasteiger partial charge is 0.245 e. The Bertz CT molecular complexity index is 895. The van der Waals surface area contributed by atoms with Crippen LogP contribution >= 0.6 is 0 Å². The lowest BCUT2D eigenvalue weighted by atomic mass is 10.2. The summed E-state index contributed by atoms with van der Waals surface area (Å²) in [5.41, 5.74) is 2.48. The number of nitrogens with zero attached hydrogens (tertiary/aromatic N) is 8. The summed E-state index contributed by atoms with van der Waals surface area (Å²) in [4.78, 5) is 15.0. The van der Waals surface area contributed by atoms with Crippen molar-refractivity contribution in [2.24, 2.45) is 7.05 Å². The second-order valence-electron chi connectivity index (χ2n) is 5.92. The number of hydrogen-bond donors (Lipinski definition) is 0. The van der Waals surface area contributed by atoms with Gasteiger partial charge in [0, 0.05) is 13.2 Å². The summed E-state index contributed by atoms with van der Waals surface area (Å²) in [6.07, 6.45) is 4.57. The van der Waals surface area contributed by atoms with Gasteiger partial charge in [-0.05, 0) is 26.0 Å². The van der Waals surface area contributed by atoms with Gasteiger partial charge in [0.25, 0.3) is 0 Å². The number of fused-ring (bicyclic) bond motifs is 1. The molecule has 0 bridgehead atoms. The van der Waals surface area contributed by atoms with Crippen molar-refractivity contribution in [1.82, 2.24) is 34.3 Å². The van der Waals surface area contributed by atoms with E-state index >= 15 is 0 Å². The largest absolute Gasteiger partial charge is 0.334 e. The minimum Gasteiger partial charge on any atom is -0.334 e. The number of aryl methyl sites for hydroxylation is 3. The van der Waals surface area contributed by atoms with Gasteiger partial charge < -0.3 is 4.90 Å². The Morgan fingerprint density at radius 3 is 2.67 bits per heavy atom. The van der Waals surface area contributed by atoms with Gasteiger partial charge in [0.1, 0.15) is 6.17 Å². The molecule has 0 aliphatic carbocycles. The molecule has 0 spiro atoms. The van der Waals surface area contributed by atoms with Crippen LogP contribution in [0.2, 0.25) is 0 Å². The molecule has 3 aromatic heterocycles. The molecule has 0 radical (unpaired) electrons. The fourth-order valence-electron chi connectivity index (χ4n) is 2.58. The summed E-state index contributed by atoms with van der Waals surface area (Å²) < 4.78 is 16.4. The molecule has 0 atom stereocenters. The van der Waals surface area contributed by atoms with Gasteiger partial charge in [0.05, 0.1) is 24.5 Å². The Kier molecular flexibility index (Phi) is 3.29. The highest BCUT2D eigenvalue weighted by Crippen LogP contribution is 2.19. The average Bonchev–Trinajstić information content (AvgIpc) is 3.10. The van der Waals surface area contributed by atoms with Crippen LogP contribution in [0.4, 0.5) is 10.3 Å². The van der Waals surface area contributed by atoms with Crippen LogP contribution in [-0.4, -0.2) is 53.6 Å². The van der Waals surface area contributed by atoms with E-state index in [2.05, 4.69) is 25.1 Å². The van der Waals surface area contributed by atoms with E-state index in [0.717, 1.165) is 17.0 Å². The quantitative estimate of drug-likeness (QED) is 0.719. The van der Waals surface area contributed by atoms with E-state index in [-0.39, 0.29) is 0 Å². The number of anilines is 1. The Hall–Kier alpha value is -2.84. The maximum Gasteiger partial charge on any atom is 0.245 e. The molecule has 1 aliphatic heterocycles. The van der Waals surface area contributed by atoms with Crippen molar-refractivity contribution in [3.63, 3.8) is 0 Å². The lowest BCUT2D eigenvalue weighted by Crippen LogP contribution is -2.49. The molecule has 4 heterocycles. The van der Waals surface area contributed by atoms with Crippen LogP contribution in [0.5, 0.6) is 0 Å². The van der Waals surface area contributed by atoms with Gasteiger partial charge in [-0.25, -0.2) is 18.6 Å². The molecule has 9 heteroatoms. The number of alkyl halides is 1. The molecular formula is C15H17FN8. The predicted molar refractivity (Wildman–Crippen MR) is 87.3 cm³/mol. The Morgan fingerprint density at radius 1 is 1.17 bits per heavy atom. The summed E-state index contributed by atoms with van der Waals surface area (Å²) >= 11 is 0. The van der Waals surface area contributed by atoms with Crippen molar-refractivity contribution in [1.29, 1.82) is 0 Å². The molecule has 0 unspecified atom stereocenters. The van der Waals surface area contributed by atoms with Crippen molar-refractivity contribution in [2.45, 2.75) is 20.0 Å². The standard InChI is InChI=1S/C15H17FN8/c1-9-6-17-10(2)14-18-12(20-24(9)14)4-5-13-19-15(21-22(13)3)23-7-11(16)8-23/h4-6,11H,7-8H2,1-3H3. The van der Waals surface area contributed by atoms with E-state index in [0.29, 0.717) is 30.7 Å². The van der Waals surface area contributed by atoms with Gasteiger partial charge in [0.2, 0.25) is 5.95 Å². The van der Waals surface area contributed by atoms with E-state index in [9.17, 15) is 4.39 Å². The van der Waals surface area contributed by atoms with Crippen LogP contribution in [0, 0.1) is 13.8 Å². The first-order valence-electron chi connectivity index (χ1n) is 7.68.